The highest BCUT2D eigenvalue weighted by atomic mass is 16.3. The minimum Gasteiger partial charge on any atom is -0.508 e. The normalized spacial score (nSPS) is 20.8. The van der Waals surface area contributed by atoms with Crippen LogP contribution in [-0.4, -0.2) is 36.6 Å². The van der Waals surface area contributed by atoms with Crippen LogP contribution in [0.4, 0.5) is 0 Å². The summed E-state index contributed by atoms with van der Waals surface area (Å²) >= 11 is 0. The molecule has 20 heavy (non-hydrogen) atoms. The number of aromatic hydroxyl groups is 1. The summed E-state index contributed by atoms with van der Waals surface area (Å²) in [5.41, 5.74) is 3.52. The predicted molar refractivity (Wildman–Crippen MR) is 79.9 cm³/mol. The molecule has 0 aliphatic heterocycles. The largest absolute Gasteiger partial charge is 0.508 e. The Hall–Kier alpha value is -1.55. The molecule has 0 fully saturated rings. The number of fused-ring (bicyclic) bond motifs is 1. The fraction of sp³-hybridized carbons (Fsp3) is 0.562. The zero-order chi connectivity index (χ0) is 14.9. The Morgan fingerprint density at radius 3 is 2.75 bits per heavy atom. The quantitative estimate of drug-likeness (QED) is 0.887. The second-order valence-electron chi connectivity index (χ2n) is 5.91. The number of rotatable bonds is 4. The molecule has 4 nitrogen and oxygen atoms in total. The second kappa shape index (κ2) is 5.83. The maximum Gasteiger partial charge on any atom is 0.223 e. The first kappa shape index (κ1) is 14.9. The molecular formula is C16H24N2O2. The molecule has 2 rings (SSSR count). The summed E-state index contributed by atoms with van der Waals surface area (Å²) in [6, 6.07) is 3.89. The van der Waals surface area contributed by atoms with Crippen molar-refractivity contribution in [3.63, 3.8) is 0 Å². The van der Waals surface area contributed by atoms with Gasteiger partial charge in [0.25, 0.3) is 0 Å². The topological polar surface area (TPSA) is 52.6 Å². The number of phenols is 1. The van der Waals surface area contributed by atoms with Gasteiger partial charge in [-0.3, -0.25) is 4.79 Å². The number of carbonyl (C=O) groups is 1. The molecule has 1 amide bonds. The van der Waals surface area contributed by atoms with Crippen molar-refractivity contribution in [2.45, 2.75) is 38.6 Å². The van der Waals surface area contributed by atoms with Crippen LogP contribution in [0.25, 0.3) is 0 Å². The van der Waals surface area contributed by atoms with Gasteiger partial charge in [0.05, 0.1) is 0 Å². The lowest BCUT2D eigenvalue weighted by Gasteiger charge is -2.16. The van der Waals surface area contributed by atoms with Crippen LogP contribution >= 0.6 is 0 Å². The van der Waals surface area contributed by atoms with Crippen molar-refractivity contribution < 1.29 is 9.90 Å². The molecular weight excluding hydrogens is 252 g/mol. The van der Waals surface area contributed by atoms with Crippen molar-refractivity contribution in [3.05, 3.63) is 28.8 Å². The highest BCUT2D eigenvalue weighted by Gasteiger charge is 2.31. The fourth-order valence-electron chi connectivity index (χ4n) is 3.11. The van der Waals surface area contributed by atoms with Crippen molar-refractivity contribution in [2.75, 3.05) is 20.6 Å². The van der Waals surface area contributed by atoms with Gasteiger partial charge in [-0.25, -0.2) is 0 Å². The van der Waals surface area contributed by atoms with E-state index < -0.39 is 0 Å². The Kier molecular flexibility index (Phi) is 4.33. The van der Waals surface area contributed by atoms with Crippen LogP contribution in [-0.2, 0) is 4.79 Å². The van der Waals surface area contributed by atoms with E-state index in [1.165, 1.54) is 11.1 Å². The van der Waals surface area contributed by atoms with Gasteiger partial charge in [0, 0.05) is 38.7 Å². The molecule has 1 aliphatic carbocycles. The Bertz CT molecular complexity index is 511. The maximum absolute atomic E-state index is 11.6. The molecule has 0 saturated heterocycles. The van der Waals surface area contributed by atoms with Gasteiger partial charge >= 0.3 is 0 Å². The van der Waals surface area contributed by atoms with Gasteiger partial charge in [0.2, 0.25) is 5.91 Å². The Morgan fingerprint density at radius 1 is 1.40 bits per heavy atom. The van der Waals surface area contributed by atoms with E-state index in [1.54, 1.807) is 25.1 Å². The zero-order valence-corrected chi connectivity index (χ0v) is 12.7. The molecule has 0 spiro atoms. The van der Waals surface area contributed by atoms with Crippen LogP contribution in [0.1, 0.15) is 48.4 Å². The highest BCUT2D eigenvalue weighted by molar-refractivity contribution is 5.75. The molecule has 4 heteroatoms. The van der Waals surface area contributed by atoms with Gasteiger partial charge in [-0.15, -0.1) is 0 Å². The summed E-state index contributed by atoms with van der Waals surface area (Å²) in [4.78, 5) is 13.2. The number of nitrogens with zero attached hydrogens (tertiary/aromatic N) is 1. The molecule has 0 aromatic heterocycles. The van der Waals surface area contributed by atoms with E-state index in [1.807, 2.05) is 6.07 Å². The third-order valence-electron chi connectivity index (χ3n) is 4.14. The summed E-state index contributed by atoms with van der Waals surface area (Å²) in [7, 11) is 3.54. The molecule has 0 saturated carbocycles. The molecule has 1 aromatic carbocycles. The van der Waals surface area contributed by atoms with E-state index >= 15 is 0 Å². The average Bonchev–Trinajstić information content (AvgIpc) is 2.72. The van der Waals surface area contributed by atoms with E-state index in [-0.39, 0.29) is 11.9 Å². The van der Waals surface area contributed by atoms with Gasteiger partial charge in [-0.1, -0.05) is 13.0 Å². The van der Waals surface area contributed by atoms with Crippen molar-refractivity contribution in [1.82, 2.24) is 10.2 Å². The Labute approximate surface area is 120 Å². The number of aryl methyl sites for hydroxylation is 1. The third-order valence-corrected chi connectivity index (χ3v) is 4.14. The average molecular weight is 276 g/mol. The van der Waals surface area contributed by atoms with Crippen LogP contribution in [0, 0.1) is 6.92 Å². The smallest absolute Gasteiger partial charge is 0.223 e. The molecule has 0 radical (unpaired) electrons. The summed E-state index contributed by atoms with van der Waals surface area (Å²) in [5, 5.41) is 13.5. The molecule has 1 aromatic rings. The van der Waals surface area contributed by atoms with Crippen LogP contribution in [0.5, 0.6) is 5.75 Å². The second-order valence-corrected chi connectivity index (χ2v) is 5.91. The number of hydrogen-bond donors (Lipinski definition) is 2. The lowest BCUT2D eigenvalue weighted by Crippen LogP contribution is -2.28. The Balaban J connectivity index is 2.07. The van der Waals surface area contributed by atoms with Gasteiger partial charge in [-0.05, 0) is 36.5 Å². The maximum atomic E-state index is 11.6. The number of nitrogens with one attached hydrogen (secondary N) is 1. The van der Waals surface area contributed by atoms with Crippen molar-refractivity contribution >= 4 is 5.91 Å². The van der Waals surface area contributed by atoms with E-state index in [0.717, 1.165) is 12.0 Å². The molecule has 2 N–H and O–H groups in total. The lowest BCUT2D eigenvalue weighted by atomic mass is 9.97. The standard InChI is InChI=1S/C16H24N2O2/c1-10-5-6-13(19)16-12(9-11(2)15(10)16)17-8-7-14(20)18(3)4/h5-6,11-12,17,19H,7-9H2,1-4H3. The summed E-state index contributed by atoms with van der Waals surface area (Å²) in [5.74, 6) is 0.933. The molecule has 2 atom stereocenters. The fourth-order valence-corrected chi connectivity index (χ4v) is 3.11. The molecule has 2 unspecified atom stereocenters. The number of hydrogen-bond acceptors (Lipinski definition) is 3. The number of carbonyl (C=O) groups excluding carboxylic acids is 1. The summed E-state index contributed by atoms with van der Waals surface area (Å²) < 4.78 is 0. The molecule has 110 valence electrons. The summed E-state index contributed by atoms with van der Waals surface area (Å²) in [6.45, 7) is 4.92. The minimum absolute atomic E-state index is 0.122. The van der Waals surface area contributed by atoms with E-state index in [2.05, 4.69) is 19.2 Å². The van der Waals surface area contributed by atoms with Crippen molar-refractivity contribution in [1.29, 1.82) is 0 Å². The van der Waals surface area contributed by atoms with E-state index in [4.69, 9.17) is 0 Å². The van der Waals surface area contributed by atoms with Crippen LogP contribution in [0.2, 0.25) is 0 Å². The molecule has 0 heterocycles. The third kappa shape index (κ3) is 2.80. The van der Waals surface area contributed by atoms with Crippen molar-refractivity contribution in [3.8, 4) is 5.75 Å². The highest BCUT2D eigenvalue weighted by Crippen LogP contribution is 2.45. The van der Waals surface area contributed by atoms with Crippen LogP contribution < -0.4 is 5.32 Å². The SMILES string of the molecule is Cc1ccc(O)c2c1C(C)CC2NCCC(=O)N(C)C. The minimum atomic E-state index is 0.122. The van der Waals surface area contributed by atoms with Gasteiger partial charge in [0.15, 0.2) is 0 Å². The Morgan fingerprint density at radius 2 is 2.10 bits per heavy atom. The first-order chi connectivity index (χ1) is 9.41. The monoisotopic (exact) mass is 276 g/mol. The predicted octanol–water partition coefficient (Wildman–Crippen LogP) is 2.32. The van der Waals surface area contributed by atoms with Gasteiger partial charge in [-0.2, -0.15) is 0 Å². The first-order valence-corrected chi connectivity index (χ1v) is 7.17. The van der Waals surface area contributed by atoms with E-state index in [9.17, 15) is 9.90 Å². The molecule has 0 bridgehead atoms. The lowest BCUT2D eigenvalue weighted by molar-refractivity contribution is -0.128. The number of benzene rings is 1. The first-order valence-electron chi connectivity index (χ1n) is 7.17. The van der Waals surface area contributed by atoms with Crippen LogP contribution in [0.15, 0.2) is 12.1 Å². The number of phenolic OH excluding ortho intramolecular Hbond substituents is 1. The van der Waals surface area contributed by atoms with Gasteiger partial charge < -0.3 is 15.3 Å². The molecule has 1 aliphatic rings. The van der Waals surface area contributed by atoms with Gasteiger partial charge in [0.1, 0.15) is 5.75 Å². The van der Waals surface area contributed by atoms with Crippen LogP contribution in [0.3, 0.4) is 0 Å². The zero-order valence-electron chi connectivity index (χ0n) is 12.7. The number of amides is 1. The van der Waals surface area contributed by atoms with E-state index in [0.29, 0.717) is 24.6 Å². The van der Waals surface area contributed by atoms with Crippen molar-refractivity contribution in [2.24, 2.45) is 0 Å². The summed E-state index contributed by atoms with van der Waals surface area (Å²) in [6.07, 6.45) is 1.46.